The molecule has 6 N–H and O–H groups in total. The Balaban J connectivity index is 1.48. The van der Waals surface area contributed by atoms with Gasteiger partial charge in [0.05, 0.1) is 18.2 Å². The van der Waals surface area contributed by atoms with Crippen molar-refractivity contribution in [2.24, 2.45) is 0 Å². The van der Waals surface area contributed by atoms with Crippen LogP contribution in [0, 0.1) is 11.8 Å². The average molecular weight is 569 g/mol. The molecule has 0 saturated carbocycles. The fourth-order valence-electron chi connectivity index (χ4n) is 3.52. The van der Waals surface area contributed by atoms with E-state index in [0.29, 0.717) is 22.4 Å². The molecule has 0 fully saturated rings. The van der Waals surface area contributed by atoms with Crippen LogP contribution in [0.3, 0.4) is 0 Å². The number of rotatable bonds is 9. The summed E-state index contributed by atoms with van der Waals surface area (Å²) in [5.41, 5.74) is 3.32. The molecule has 0 spiro atoms. The van der Waals surface area contributed by atoms with Crippen molar-refractivity contribution in [2.75, 3.05) is 11.9 Å². The van der Waals surface area contributed by atoms with E-state index in [1.165, 1.54) is 36.7 Å². The van der Waals surface area contributed by atoms with E-state index in [-0.39, 0.29) is 24.6 Å². The quantitative estimate of drug-likeness (QED) is 0.133. The number of benzene rings is 3. The summed E-state index contributed by atoms with van der Waals surface area (Å²) in [6.45, 7) is 1.49. The highest BCUT2D eigenvalue weighted by Crippen LogP contribution is 2.29. The van der Waals surface area contributed by atoms with Crippen LogP contribution in [0.1, 0.15) is 39.5 Å². The number of hydrogen-bond donors (Lipinski definition) is 6. The van der Waals surface area contributed by atoms with Crippen LogP contribution in [0.4, 0.5) is 18.9 Å². The van der Waals surface area contributed by atoms with Gasteiger partial charge in [-0.15, -0.1) is 0 Å². The Morgan fingerprint density at radius 3 is 1.95 bits per heavy atom. The fraction of sp³-hybridized carbons (Fsp3) is 0.207. The van der Waals surface area contributed by atoms with E-state index in [4.69, 9.17) is 5.21 Å². The zero-order valence-electron chi connectivity index (χ0n) is 21.8. The summed E-state index contributed by atoms with van der Waals surface area (Å²) in [6.07, 6.45) is -5.62. The minimum absolute atomic E-state index is 0.0368. The lowest BCUT2D eigenvalue weighted by molar-refractivity contribution is -0.137. The monoisotopic (exact) mass is 568 g/mol. The third kappa shape index (κ3) is 9.47. The lowest BCUT2D eigenvalue weighted by Gasteiger charge is -2.19. The Morgan fingerprint density at radius 1 is 0.878 bits per heavy atom. The van der Waals surface area contributed by atoms with E-state index in [1.807, 2.05) is 0 Å². The minimum Gasteiger partial charge on any atom is -0.391 e. The molecule has 0 aliphatic rings. The smallest absolute Gasteiger partial charge is 0.391 e. The molecule has 0 aliphatic carbocycles. The van der Waals surface area contributed by atoms with Crippen molar-refractivity contribution in [3.05, 3.63) is 101 Å². The van der Waals surface area contributed by atoms with Crippen LogP contribution < -0.4 is 21.4 Å². The predicted molar refractivity (Wildman–Crippen MR) is 144 cm³/mol. The first kappa shape index (κ1) is 30.8. The molecule has 0 bridgehead atoms. The molecule has 0 aromatic heterocycles. The van der Waals surface area contributed by atoms with Gasteiger partial charge < -0.3 is 21.1 Å². The summed E-state index contributed by atoms with van der Waals surface area (Å²) in [7, 11) is 0. The normalized spacial score (nSPS) is 12.3. The van der Waals surface area contributed by atoms with Gasteiger partial charge in [0.25, 0.3) is 11.8 Å². The lowest BCUT2D eigenvalue weighted by Crippen LogP contribution is -2.51. The van der Waals surface area contributed by atoms with Crippen molar-refractivity contribution in [1.82, 2.24) is 16.1 Å². The maximum absolute atomic E-state index is 12.6. The Morgan fingerprint density at radius 2 is 1.44 bits per heavy atom. The number of halogens is 3. The number of hydrogen-bond acceptors (Lipinski definition) is 6. The van der Waals surface area contributed by atoms with Gasteiger partial charge in [-0.1, -0.05) is 24.0 Å². The first-order chi connectivity index (χ1) is 19.5. The molecule has 3 aromatic rings. The summed E-state index contributed by atoms with van der Waals surface area (Å²) in [5, 5.41) is 26.3. The average Bonchev–Trinajstić information content (AvgIpc) is 2.95. The zero-order chi connectivity index (χ0) is 30.0. The third-order valence-electron chi connectivity index (χ3n) is 5.72. The van der Waals surface area contributed by atoms with Crippen LogP contribution in [0.5, 0.6) is 0 Å². The molecule has 2 atom stereocenters. The summed E-state index contributed by atoms with van der Waals surface area (Å²) in [5.74, 6) is 4.03. The Bertz CT molecular complexity index is 1410. The largest absolute Gasteiger partial charge is 0.416 e. The van der Waals surface area contributed by atoms with E-state index in [2.05, 4.69) is 27.8 Å². The highest BCUT2D eigenvalue weighted by Gasteiger charge is 2.30. The van der Waals surface area contributed by atoms with Gasteiger partial charge in [-0.25, -0.2) is 5.48 Å². The number of carbonyl (C=O) groups excluding carboxylic acids is 3. The van der Waals surface area contributed by atoms with Gasteiger partial charge in [-0.3, -0.25) is 19.6 Å². The topological polar surface area (TPSA) is 140 Å². The molecule has 12 heteroatoms. The second kappa shape index (κ2) is 14.1. The number of hydroxylamine groups is 1. The van der Waals surface area contributed by atoms with Crippen LogP contribution in [0.25, 0.3) is 0 Å². The number of aliphatic hydroxyl groups excluding tert-OH is 1. The number of amides is 3. The number of nitrogens with one attached hydrogen (secondary N) is 4. The molecule has 214 valence electrons. The number of carbonyl (C=O) groups is 3. The van der Waals surface area contributed by atoms with E-state index in [9.17, 15) is 32.7 Å². The minimum atomic E-state index is -4.40. The molecule has 9 nitrogen and oxygen atoms in total. The van der Waals surface area contributed by atoms with Gasteiger partial charge in [0.1, 0.15) is 6.04 Å². The molecule has 0 radical (unpaired) electrons. The van der Waals surface area contributed by atoms with Crippen LogP contribution >= 0.6 is 0 Å². The maximum atomic E-state index is 12.6. The van der Waals surface area contributed by atoms with E-state index < -0.39 is 35.7 Å². The second-order valence-electron chi connectivity index (χ2n) is 8.92. The maximum Gasteiger partial charge on any atom is 0.416 e. The molecule has 3 aromatic carbocycles. The molecule has 0 heterocycles. The van der Waals surface area contributed by atoms with Crippen molar-refractivity contribution >= 4 is 23.4 Å². The summed E-state index contributed by atoms with van der Waals surface area (Å²) in [6, 6.07) is 16.4. The first-order valence-electron chi connectivity index (χ1n) is 12.3. The van der Waals surface area contributed by atoms with Crippen molar-refractivity contribution in [2.45, 2.75) is 31.8 Å². The van der Waals surface area contributed by atoms with Gasteiger partial charge in [-0.05, 0) is 73.2 Å². The second-order valence-corrected chi connectivity index (χ2v) is 8.92. The standard InChI is InChI=1S/C29H27F3N4O5/c1-18(37)26(28(40)36-41)35-27(39)22-10-4-19(5-11-22)2-3-20-8-14-24(15-9-20)34-25(38)17-33-16-21-6-12-23(13-7-21)29(30,31)32/h4-15,18,26,33,37,41H,16-17H2,1H3,(H,34,38)(H,35,39)(H,36,40)/t18-,26+/m1/s1. The number of alkyl halides is 3. The molecular formula is C29H27F3N4O5. The summed E-state index contributed by atoms with van der Waals surface area (Å²) < 4.78 is 37.9. The Labute approximate surface area is 233 Å². The first-order valence-corrected chi connectivity index (χ1v) is 12.3. The van der Waals surface area contributed by atoms with Gasteiger partial charge in [0, 0.05) is 28.9 Å². The molecule has 41 heavy (non-hydrogen) atoms. The molecule has 3 amide bonds. The molecule has 3 rings (SSSR count). The summed E-state index contributed by atoms with van der Waals surface area (Å²) in [4.78, 5) is 36.1. The molecule has 0 unspecified atom stereocenters. The van der Waals surface area contributed by atoms with Gasteiger partial charge in [0.15, 0.2) is 0 Å². The van der Waals surface area contributed by atoms with Crippen molar-refractivity contribution < 1.29 is 37.9 Å². The Hall–Kier alpha value is -4.70. The highest BCUT2D eigenvalue weighted by molar-refractivity contribution is 5.97. The van der Waals surface area contributed by atoms with Gasteiger partial charge >= 0.3 is 6.18 Å². The third-order valence-corrected chi connectivity index (χ3v) is 5.72. The molecule has 0 aliphatic heterocycles. The van der Waals surface area contributed by atoms with Gasteiger partial charge in [0.2, 0.25) is 5.91 Å². The summed E-state index contributed by atoms with van der Waals surface area (Å²) >= 11 is 0. The van der Waals surface area contributed by atoms with E-state index >= 15 is 0 Å². The zero-order valence-corrected chi connectivity index (χ0v) is 21.8. The SMILES string of the molecule is C[C@@H](O)[C@H](NC(=O)c1ccc(C#Cc2ccc(NC(=O)CNCc3ccc(C(F)(F)F)cc3)cc2)cc1)C(=O)NO. The van der Waals surface area contributed by atoms with Crippen LogP contribution in [0.2, 0.25) is 0 Å². The lowest BCUT2D eigenvalue weighted by atomic mass is 10.1. The van der Waals surface area contributed by atoms with Crippen molar-refractivity contribution in [3.8, 4) is 11.8 Å². The van der Waals surface area contributed by atoms with Crippen LogP contribution in [-0.2, 0) is 22.3 Å². The predicted octanol–water partition coefficient (Wildman–Crippen LogP) is 2.82. The van der Waals surface area contributed by atoms with E-state index in [0.717, 1.165) is 12.1 Å². The fourth-order valence-corrected chi connectivity index (χ4v) is 3.52. The highest BCUT2D eigenvalue weighted by atomic mass is 19.4. The molecule has 0 saturated heterocycles. The number of anilines is 1. The van der Waals surface area contributed by atoms with E-state index in [1.54, 1.807) is 36.4 Å². The van der Waals surface area contributed by atoms with Crippen LogP contribution in [0.15, 0.2) is 72.8 Å². The van der Waals surface area contributed by atoms with Crippen molar-refractivity contribution in [1.29, 1.82) is 0 Å². The Kier molecular flexibility index (Phi) is 10.6. The van der Waals surface area contributed by atoms with Crippen LogP contribution in [-0.4, -0.2) is 46.7 Å². The molecular weight excluding hydrogens is 541 g/mol. The van der Waals surface area contributed by atoms with Gasteiger partial charge in [-0.2, -0.15) is 13.2 Å². The van der Waals surface area contributed by atoms with Crippen molar-refractivity contribution in [3.63, 3.8) is 0 Å². The number of aliphatic hydroxyl groups is 1.